The van der Waals surface area contributed by atoms with Crippen molar-refractivity contribution in [2.75, 3.05) is 13.1 Å². The molecule has 5 heteroatoms. The van der Waals surface area contributed by atoms with Gasteiger partial charge >= 0.3 is 0 Å². The van der Waals surface area contributed by atoms with Gasteiger partial charge in [-0.1, -0.05) is 30.7 Å². The second kappa shape index (κ2) is 8.77. The first-order valence-electron chi connectivity index (χ1n) is 11.2. The number of aliphatic hydroxyl groups is 1. The smallest absolute Gasteiger partial charge is 0.130 e. The van der Waals surface area contributed by atoms with Crippen LogP contribution in [-0.4, -0.2) is 33.1 Å². The summed E-state index contributed by atoms with van der Waals surface area (Å²) in [7, 11) is 0. The van der Waals surface area contributed by atoms with Gasteiger partial charge in [0.1, 0.15) is 12.4 Å². The van der Waals surface area contributed by atoms with Crippen molar-refractivity contribution in [2.24, 2.45) is 11.8 Å². The summed E-state index contributed by atoms with van der Waals surface area (Å²) in [5.74, 6) is 1.37. The molecule has 3 aromatic rings. The predicted molar refractivity (Wildman–Crippen MR) is 119 cm³/mol. The van der Waals surface area contributed by atoms with Crippen molar-refractivity contribution >= 4 is 0 Å². The molecule has 31 heavy (non-hydrogen) atoms. The van der Waals surface area contributed by atoms with E-state index in [9.17, 15) is 5.11 Å². The number of rotatable bonds is 6. The Hall–Kier alpha value is -2.76. The van der Waals surface area contributed by atoms with Crippen LogP contribution in [0.2, 0.25) is 0 Å². The molecule has 1 saturated heterocycles. The molecule has 5 rings (SSSR count). The highest BCUT2D eigenvalue weighted by atomic mass is 16.5. The summed E-state index contributed by atoms with van der Waals surface area (Å²) in [4.78, 5) is 11.1. The number of piperidine rings is 1. The Kier molecular flexibility index (Phi) is 5.70. The molecule has 0 spiro atoms. The van der Waals surface area contributed by atoms with Crippen LogP contribution in [0.4, 0.5) is 0 Å². The Morgan fingerprint density at radius 1 is 0.968 bits per heavy atom. The normalized spacial score (nSPS) is 25.8. The van der Waals surface area contributed by atoms with Crippen molar-refractivity contribution in [1.29, 1.82) is 0 Å². The van der Waals surface area contributed by atoms with Crippen LogP contribution in [0.25, 0.3) is 0 Å². The van der Waals surface area contributed by atoms with Crippen LogP contribution < -0.4 is 4.74 Å². The van der Waals surface area contributed by atoms with Gasteiger partial charge in [-0.3, -0.25) is 14.9 Å². The molecule has 2 atom stereocenters. The molecule has 1 saturated carbocycles. The third-order valence-corrected chi connectivity index (χ3v) is 6.87. The number of likely N-dealkylation sites (tertiary alicyclic amines) is 1. The maximum absolute atomic E-state index is 11.7. The molecule has 1 aliphatic heterocycles. The number of pyridine rings is 2. The lowest BCUT2D eigenvalue weighted by atomic mass is 9.63. The molecule has 160 valence electrons. The minimum absolute atomic E-state index is 0.255. The fourth-order valence-corrected chi connectivity index (χ4v) is 5.33. The highest BCUT2D eigenvalue weighted by molar-refractivity contribution is 5.28. The molecule has 1 N–H and O–H groups in total. The Labute approximate surface area is 183 Å². The Morgan fingerprint density at radius 3 is 2.45 bits per heavy atom. The lowest BCUT2D eigenvalue weighted by Crippen LogP contribution is -2.57. The van der Waals surface area contributed by atoms with Gasteiger partial charge in [-0.2, -0.15) is 0 Å². The van der Waals surface area contributed by atoms with E-state index in [0.29, 0.717) is 6.61 Å². The number of hydrogen-bond acceptors (Lipinski definition) is 5. The Bertz CT molecular complexity index is 965. The average Bonchev–Trinajstić information content (AvgIpc) is 2.81. The molecule has 2 bridgehead atoms. The lowest BCUT2D eigenvalue weighted by Gasteiger charge is -2.53. The predicted octanol–water partition coefficient (Wildman–Crippen LogP) is 4.18. The summed E-state index contributed by atoms with van der Waals surface area (Å²) in [5, 5.41) is 11.7. The van der Waals surface area contributed by atoms with Crippen molar-refractivity contribution in [3.63, 3.8) is 0 Å². The van der Waals surface area contributed by atoms with Crippen molar-refractivity contribution in [1.82, 2.24) is 14.9 Å². The van der Waals surface area contributed by atoms with Gasteiger partial charge in [0, 0.05) is 55.6 Å². The molecular formula is C26H29N3O2. The molecule has 2 aliphatic rings. The Balaban J connectivity index is 1.22. The minimum Gasteiger partial charge on any atom is -0.487 e. The average molecular weight is 416 g/mol. The van der Waals surface area contributed by atoms with E-state index in [0.717, 1.165) is 49.5 Å². The van der Waals surface area contributed by atoms with Gasteiger partial charge < -0.3 is 9.84 Å². The maximum Gasteiger partial charge on any atom is 0.130 e. The van der Waals surface area contributed by atoms with E-state index < -0.39 is 5.60 Å². The largest absolute Gasteiger partial charge is 0.487 e. The number of nitrogens with zero attached hydrogens (tertiary/aromatic N) is 3. The molecule has 2 fully saturated rings. The fourth-order valence-electron chi connectivity index (χ4n) is 5.33. The van der Waals surface area contributed by atoms with E-state index >= 15 is 0 Å². The van der Waals surface area contributed by atoms with E-state index in [1.165, 1.54) is 12.0 Å². The van der Waals surface area contributed by atoms with Crippen LogP contribution >= 0.6 is 0 Å². The lowest BCUT2D eigenvalue weighted by molar-refractivity contribution is -0.148. The summed E-state index contributed by atoms with van der Waals surface area (Å²) >= 11 is 0. The zero-order chi connectivity index (χ0) is 21.1. The van der Waals surface area contributed by atoms with Gasteiger partial charge in [0.25, 0.3) is 0 Å². The number of ether oxygens (including phenoxy) is 1. The van der Waals surface area contributed by atoms with Crippen molar-refractivity contribution in [2.45, 2.75) is 38.0 Å². The summed E-state index contributed by atoms with van der Waals surface area (Å²) in [6.45, 7) is 3.21. The van der Waals surface area contributed by atoms with Crippen LogP contribution in [0.1, 0.15) is 36.1 Å². The second-order valence-corrected chi connectivity index (χ2v) is 8.84. The molecule has 2 aromatic heterocycles. The number of benzene rings is 1. The SMILES string of the molecule is OC1(c2cccnc2)C2CCCC1CN(Cc1ccc(OCc3ccccn3)cc1)C2. The monoisotopic (exact) mass is 415 g/mol. The van der Waals surface area contributed by atoms with Crippen molar-refractivity contribution < 1.29 is 9.84 Å². The van der Waals surface area contributed by atoms with Gasteiger partial charge in [0.15, 0.2) is 0 Å². The summed E-state index contributed by atoms with van der Waals surface area (Å²) < 4.78 is 5.86. The zero-order valence-electron chi connectivity index (χ0n) is 17.7. The zero-order valence-corrected chi connectivity index (χ0v) is 17.7. The molecule has 0 radical (unpaired) electrons. The van der Waals surface area contributed by atoms with Gasteiger partial charge in [0.05, 0.1) is 11.3 Å². The van der Waals surface area contributed by atoms with Crippen LogP contribution in [0.15, 0.2) is 73.2 Å². The molecule has 1 aromatic carbocycles. The molecule has 5 nitrogen and oxygen atoms in total. The quantitative estimate of drug-likeness (QED) is 0.655. The number of aromatic nitrogens is 2. The number of hydrogen-bond donors (Lipinski definition) is 1. The van der Waals surface area contributed by atoms with Gasteiger partial charge in [-0.05, 0) is 48.7 Å². The third-order valence-electron chi connectivity index (χ3n) is 6.87. The first-order valence-corrected chi connectivity index (χ1v) is 11.2. The van der Waals surface area contributed by atoms with Gasteiger partial charge in [-0.15, -0.1) is 0 Å². The molecule has 1 aliphatic carbocycles. The topological polar surface area (TPSA) is 58.5 Å². The first-order chi connectivity index (χ1) is 15.2. The standard InChI is InChI=1S/C26H29N3O2/c30-26(21-7-4-13-27-15-21)22-5-3-6-23(26)18-29(17-22)16-20-9-11-25(12-10-20)31-19-24-8-1-2-14-28-24/h1-2,4,7-15,22-23,30H,3,5-6,16-19H2. The summed E-state index contributed by atoms with van der Waals surface area (Å²) in [5.41, 5.74) is 2.44. The van der Waals surface area contributed by atoms with E-state index in [-0.39, 0.29) is 11.8 Å². The highest BCUT2D eigenvalue weighted by Gasteiger charge is 2.51. The summed E-state index contributed by atoms with van der Waals surface area (Å²) in [6, 6.07) is 18.2. The van der Waals surface area contributed by atoms with Crippen molar-refractivity contribution in [3.8, 4) is 5.75 Å². The molecule has 3 heterocycles. The second-order valence-electron chi connectivity index (χ2n) is 8.84. The van der Waals surface area contributed by atoms with Crippen LogP contribution in [0.5, 0.6) is 5.75 Å². The molecule has 0 amide bonds. The van der Waals surface area contributed by atoms with E-state index in [1.807, 2.05) is 48.7 Å². The van der Waals surface area contributed by atoms with Crippen molar-refractivity contribution in [3.05, 3.63) is 90.0 Å². The van der Waals surface area contributed by atoms with Gasteiger partial charge in [0.2, 0.25) is 0 Å². The van der Waals surface area contributed by atoms with Crippen LogP contribution in [0, 0.1) is 11.8 Å². The Morgan fingerprint density at radius 2 is 1.77 bits per heavy atom. The van der Waals surface area contributed by atoms with E-state index in [1.54, 1.807) is 12.4 Å². The maximum atomic E-state index is 11.7. The first kappa shape index (κ1) is 20.2. The number of fused-ring (bicyclic) bond motifs is 2. The third kappa shape index (κ3) is 4.21. The molecular weight excluding hydrogens is 386 g/mol. The van der Waals surface area contributed by atoms with Crippen LogP contribution in [-0.2, 0) is 18.8 Å². The minimum atomic E-state index is -0.744. The fraction of sp³-hybridized carbons (Fsp3) is 0.385. The van der Waals surface area contributed by atoms with E-state index in [2.05, 4.69) is 27.0 Å². The van der Waals surface area contributed by atoms with Crippen LogP contribution in [0.3, 0.4) is 0 Å². The summed E-state index contributed by atoms with van der Waals surface area (Å²) in [6.07, 6.45) is 8.75. The van der Waals surface area contributed by atoms with E-state index in [4.69, 9.17) is 4.74 Å². The molecule has 2 unspecified atom stereocenters. The highest BCUT2D eigenvalue weighted by Crippen LogP contribution is 2.49. The van der Waals surface area contributed by atoms with Gasteiger partial charge in [-0.25, -0.2) is 0 Å².